The molecular weight excluding hydrogens is 224 g/mol. The summed E-state index contributed by atoms with van der Waals surface area (Å²) in [4.78, 5) is 13.5. The topological polar surface area (TPSA) is 44.1 Å². The van der Waals surface area contributed by atoms with E-state index in [4.69, 9.17) is 5.26 Å². The normalized spacial score (nSPS) is 9.94. The average molecular weight is 244 g/mol. The summed E-state index contributed by atoms with van der Waals surface area (Å²) in [5.74, 6) is 0.0240. The van der Waals surface area contributed by atoms with Gasteiger partial charge in [-0.15, -0.1) is 0 Å². The third-order valence-corrected chi connectivity index (χ3v) is 3.11. The molecule has 0 aliphatic heterocycles. The minimum absolute atomic E-state index is 0.0240. The highest BCUT2D eigenvalue weighted by Gasteiger charge is 2.12. The lowest BCUT2D eigenvalue weighted by Crippen LogP contribution is -2.26. The zero-order valence-electron chi connectivity index (χ0n) is 11.6. The molecule has 0 unspecified atom stereocenters. The first kappa shape index (κ1) is 14.2. The Morgan fingerprint density at radius 3 is 2.33 bits per heavy atom. The molecule has 96 valence electrons. The molecule has 3 heteroatoms. The van der Waals surface area contributed by atoms with Crippen LogP contribution in [0.15, 0.2) is 12.1 Å². The summed E-state index contributed by atoms with van der Waals surface area (Å²) in [5, 5.41) is 8.48. The van der Waals surface area contributed by atoms with E-state index in [1.54, 1.807) is 11.9 Å². The van der Waals surface area contributed by atoms with Crippen molar-refractivity contribution in [2.24, 2.45) is 0 Å². The number of amides is 1. The van der Waals surface area contributed by atoms with Crippen LogP contribution in [0.2, 0.25) is 0 Å². The Kier molecular flexibility index (Phi) is 4.91. The summed E-state index contributed by atoms with van der Waals surface area (Å²) in [6.07, 6.45) is 0.589. The van der Waals surface area contributed by atoms with Crippen molar-refractivity contribution in [3.05, 3.63) is 34.4 Å². The van der Waals surface area contributed by atoms with Crippen molar-refractivity contribution >= 4 is 5.91 Å². The van der Waals surface area contributed by atoms with Crippen molar-refractivity contribution in [3.8, 4) is 6.07 Å². The third kappa shape index (κ3) is 3.59. The number of hydrogen-bond donors (Lipinski definition) is 0. The van der Waals surface area contributed by atoms with Crippen molar-refractivity contribution in [1.82, 2.24) is 4.90 Å². The van der Waals surface area contributed by atoms with Crippen LogP contribution < -0.4 is 0 Å². The van der Waals surface area contributed by atoms with Gasteiger partial charge in [-0.05, 0) is 37.5 Å². The molecule has 0 bridgehead atoms. The van der Waals surface area contributed by atoms with Crippen LogP contribution in [0.25, 0.3) is 0 Å². The van der Waals surface area contributed by atoms with Gasteiger partial charge in [-0.2, -0.15) is 5.26 Å². The van der Waals surface area contributed by atoms with Gasteiger partial charge in [-0.25, -0.2) is 0 Å². The van der Waals surface area contributed by atoms with Gasteiger partial charge in [-0.1, -0.05) is 17.7 Å². The van der Waals surface area contributed by atoms with Crippen LogP contribution in [0, 0.1) is 32.1 Å². The fraction of sp³-hybridized carbons (Fsp3) is 0.467. The smallest absolute Gasteiger partial charge is 0.223 e. The van der Waals surface area contributed by atoms with E-state index < -0.39 is 0 Å². The van der Waals surface area contributed by atoms with E-state index in [1.807, 2.05) is 6.07 Å². The van der Waals surface area contributed by atoms with Gasteiger partial charge in [0.05, 0.1) is 6.07 Å². The third-order valence-electron chi connectivity index (χ3n) is 3.11. The summed E-state index contributed by atoms with van der Waals surface area (Å²) >= 11 is 0. The molecule has 0 aliphatic carbocycles. The number of aryl methyl sites for hydroxylation is 3. The van der Waals surface area contributed by atoms with E-state index in [0.717, 1.165) is 0 Å². The van der Waals surface area contributed by atoms with Crippen LogP contribution >= 0.6 is 0 Å². The van der Waals surface area contributed by atoms with Gasteiger partial charge >= 0.3 is 0 Å². The SMILES string of the molecule is Cc1cc(C)c(CN(C)C(=O)CCC#N)c(C)c1. The van der Waals surface area contributed by atoms with Crippen LogP contribution in [0.5, 0.6) is 0 Å². The molecule has 1 aromatic rings. The van der Waals surface area contributed by atoms with Gasteiger partial charge in [0.25, 0.3) is 0 Å². The Labute approximate surface area is 109 Å². The molecule has 0 aliphatic rings. The number of carbonyl (C=O) groups excluding carboxylic acids is 1. The zero-order valence-corrected chi connectivity index (χ0v) is 11.6. The Hall–Kier alpha value is -1.82. The number of carbonyl (C=O) groups is 1. The molecule has 0 fully saturated rings. The maximum atomic E-state index is 11.8. The lowest BCUT2D eigenvalue weighted by Gasteiger charge is -2.20. The standard InChI is InChI=1S/C15H20N2O/c1-11-8-12(2)14(13(3)9-11)10-17(4)15(18)6-5-7-16/h8-9H,5-6,10H2,1-4H3. The van der Waals surface area contributed by atoms with Crippen LogP contribution in [0.4, 0.5) is 0 Å². The first-order valence-corrected chi connectivity index (χ1v) is 6.13. The summed E-state index contributed by atoms with van der Waals surface area (Å²) in [5.41, 5.74) is 4.88. The summed E-state index contributed by atoms with van der Waals surface area (Å²) < 4.78 is 0. The van der Waals surface area contributed by atoms with Crippen LogP contribution in [-0.4, -0.2) is 17.9 Å². The molecular formula is C15H20N2O. The zero-order chi connectivity index (χ0) is 13.7. The average Bonchev–Trinajstić information content (AvgIpc) is 2.30. The van der Waals surface area contributed by atoms with Gasteiger partial charge in [0.2, 0.25) is 5.91 Å². The van der Waals surface area contributed by atoms with Crippen LogP contribution in [0.1, 0.15) is 35.1 Å². The Balaban J connectivity index is 2.79. The Morgan fingerprint density at radius 1 is 1.28 bits per heavy atom. The molecule has 0 atom stereocenters. The van der Waals surface area contributed by atoms with E-state index in [9.17, 15) is 4.79 Å². The fourth-order valence-electron chi connectivity index (χ4n) is 2.14. The number of hydrogen-bond acceptors (Lipinski definition) is 2. The largest absolute Gasteiger partial charge is 0.341 e. The quantitative estimate of drug-likeness (QED) is 0.817. The highest BCUT2D eigenvalue weighted by atomic mass is 16.2. The number of nitriles is 1. The minimum Gasteiger partial charge on any atom is -0.341 e. The molecule has 0 spiro atoms. The molecule has 0 aromatic heterocycles. The second-order valence-electron chi connectivity index (χ2n) is 4.79. The predicted octanol–water partition coefficient (Wildman–Crippen LogP) is 2.87. The maximum Gasteiger partial charge on any atom is 0.223 e. The summed E-state index contributed by atoms with van der Waals surface area (Å²) in [7, 11) is 1.79. The number of rotatable bonds is 4. The lowest BCUT2D eigenvalue weighted by molar-refractivity contribution is -0.130. The molecule has 3 nitrogen and oxygen atoms in total. The first-order valence-electron chi connectivity index (χ1n) is 6.13. The fourth-order valence-corrected chi connectivity index (χ4v) is 2.14. The van der Waals surface area contributed by atoms with Gasteiger partial charge in [0, 0.05) is 26.4 Å². The molecule has 18 heavy (non-hydrogen) atoms. The van der Waals surface area contributed by atoms with E-state index in [1.165, 1.54) is 22.3 Å². The predicted molar refractivity (Wildman–Crippen MR) is 72.0 cm³/mol. The van der Waals surface area contributed by atoms with Crippen molar-refractivity contribution in [3.63, 3.8) is 0 Å². The maximum absolute atomic E-state index is 11.8. The van der Waals surface area contributed by atoms with Crippen molar-refractivity contribution in [2.75, 3.05) is 7.05 Å². The second-order valence-corrected chi connectivity index (χ2v) is 4.79. The Morgan fingerprint density at radius 2 is 1.83 bits per heavy atom. The monoisotopic (exact) mass is 244 g/mol. The lowest BCUT2D eigenvalue weighted by atomic mass is 9.99. The molecule has 1 aromatic carbocycles. The molecule has 0 heterocycles. The van der Waals surface area contributed by atoms with Crippen molar-refractivity contribution in [2.45, 2.75) is 40.2 Å². The van der Waals surface area contributed by atoms with E-state index >= 15 is 0 Å². The molecule has 0 N–H and O–H groups in total. The van der Waals surface area contributed by atoms with Gasteiger partial charge in [-0.3, -0.25) is 4.79 Å². The molecule has 1 amide bonds. The molecule has 0 saturated heterocycles. The van der Waals surface area contributed by atoms with Crippen molar-refractivity contribution < 1.29 is 4.79 Å². The van der Waals surface area contributed by atoms with Crippen LogP contribution in [0.3, 0.4) is 0 Å². The highest BCUT2D eigenvalue weighted by Crippen LogP contribution is 2.18. The van der Waals surface area contributed by atoms with E-state index in [2.05, 4.69) is 32.9 Å². The van der Waals surface area contributed by atoms with Gasteiger partial charge in [0.15, 0.2) is 0 Å². The number of benzene rings is 1. The summed E-state index contributed by atoms with van der Waals surface area (Å²) in [6.45, 7) is 6.83. The van der Waals surface area contributed by atoms with Crippen molar-refractivity contribution in [1.29, 1.82) is 5.26 Å². The van der Waals surface area contributed by atoms with E-state index in [-0.39, 0.29) is 12.3 Å². The van der Waals surface area contributed by atoms with Gasteiger partial charge < -0.3 is 4.90 Å². The summed E-state index contributed by atoms with van der Waals surface area (Å²) in [6, 6.07) is 6.27. The Bertz CT molecular complexity index is 463. The van der Waals surface area contributed by atoms with Crippen LogP contribution in [-0.2, 0) is 11.3 Å². The highest BCUT2D eigenvalue weighted by molar-refractivity contribution is 5.76. The second kappa shape index (κ2) is 6.20. The van der Waals surface area contributed by atoms with E-state index in [0.29, 0.717) is 13.0 Å². The van der Waals surface area contributed by atoms with Gasteiger partial charge in [0.1, 0.15) is 0 Å². The molecule has 0 radical (unpaired) electrons. The molecule has 1 rings (SSSR count). The number of nitrogens with zero attached hydrogens (tertiary/aromatic N) is 2. The molecule has 0 saturated carbocycles. The first-order chi connectivity index (χ1) is 8.45. The minimum atomic E-state index is 0.0240.